The zero-order valence-corrected chi connectivity index (χ0v) is 14.4. The number of thioether (sulfide) groups is 1. The lowest BCUT2D eigenvalue weighted by molar-refractivity contribution is -0.143. The van der Waals surface area contributed by atoms with Gasteiger partial charge in [0.15, 0.2) is 0 Å². The molecule has 9 nitrogen and oxygen atoms in total. The highest BCUT2D eigenvalue weighted by atomic mass is 32.2. The summed E-state index contributed by atoms with van der Waals surface area (Å²) in [7, 11) is 0. The second kappa shape index (κ2) is 10.1. The first-order valence-corrected chi connectivity index (χ1v) is 9.08. The second-order valence-corrected chi connectivity index (χ2v) is 6.55. The third-order valence-electron chi connectivity index (χ3n) is 3.64. The lowest BCUT2D eigenvalue weighted by atomic mass is 10.1. The number of amides is 3. The number of carboxylic acids is 1. The largest absolute Gasteiger partial charge is 0.480 e. The first-order valence-electron chi connectivity index (χ1n) is 7.69. The van der Waals surface area contributed by atoms with Crippen molar-refractivity contribution in [1.82, 2.24) is 16.0 Å². The number of nitrogens with one attached hydrogen (secondary N) is 3. The summed E-state index contributed by atoms with van der Waals surface area (Å²) in [5.41, 5.74) is 4.99. The van der Waals surface area contributed by atoms with Crippen molar-refractivity contribution in [2.75, 3.05) is 18.6 Å². The first kappa shape index (κ1) is 20.2. The van der Waals surface area contributed by atoms with Gasteiger partial charge < -0.3 is 26.8 Å². The van der Waals surface area contributed by atoms with E-state index in [-0.39, 0.29) is 11.9 Å². The van der Waals surface area contributed by atoms with E-state index >= 15 is 0 Å². The van der Waals surface area contributed by atoms with Crippen molar-refractivity contribution in [3.63, 3.8) is 0 Å². The maximum Gasteiger partial charge on any atom is 0.326 e. The van der Waals surface area contributed by atoms with Crippen molar-refractivity contribution in [3.05, 3.63) is 0 Å². The molecule has 0 bridgehead atoms. The van der Waals surface area contributed by atoms with E-state index in [1.165, 1.54) is 11.8 Å². The van der Waals surface area contributed by atoms with Crippen LogP contribution < -0.4 is 21.7 Å². The van der Waals surface area contributed by atoms with Crippen molar-refractivity contribution in [3.8, 4) is 0 Å². The highest BCUT2D eigenvalue weighted by Gasteiger charge is 2.30. The predicted molar refractivity (Wildman–Crippen MR) is 89.3 cm³/mol. The number of hydrogen-bond acceptors (Lipinski definition) is 6. The SMILES string of the molecule is CSCC[C@H](NC(=O)[C@@H]1CCCN1)C(=O)N[C@@H](CC(N)=O)C(=O)O. The molecule has 0 unspecified atom stereocenters. The minimum absolute atomic E-state index is 0.282. The zero-order chi connectivity index (χ0) is 18.1. The van der Waals surface area contributed by atoms with Crippen molar-refractivity contribution < 1.29 is 24.3 Å². The number of nitrogens with two attached hydrogens (primary N) is 1. The molecule has 0 aromatic rings. The lowest BCUT2D eigenvalue weighted by Crippen LogP contribution is -2.55. The van der Waals surface area contributed by atoms with Gasteiger partial charge in [-0.1, -0.05) is 0 Å². The summed E-state index contributed by atoms with van der Waals surface area (Å²) in [4.78, 5) is 46.5. The molecular weight excluding hydrogens is 336 g/mol. The molecular formula is C14H24N4O5S. The van der Waals surface area contributed by atoms with Gasteiger partial charge in [-0.25, -0.2) is 4.79 Å². The number of hydrogen-bond donors (Lipinski definition) is 5. The van der Waals surface area contributed by atoms with E-state index < -0.39 is 36.3 Å². The summed E-state index contributed by atoms with van der Waals surface area (Å²) < 4.78 is 0. The monoisotopic (exact) mass is 360 g/mol. The van der Waals surface area contributed by atoms with Crippen molar-refractivity contribution in [1.29, 1.82) is 0 Å². The number of aliphatic carboxylic acids is 1. The Morgan fingerprint density at radius 3 is 2.50 bits per heavy atom. The fourth-order valence-corrected chi connectivity index (χ4v) is 2.83. The van der Waals surface area contributed by atoms with Gasteiger partial charge in [0.25, 0.3) is 0 Å². The maximum atomic E-state index is 12.3. The molecule has 24 heavy (non-hydrogen) atoms. The molecule has 3 atom stereocenters. The summed E-state index contributed by atoms with van der Waals surface area (Å²) in [5, 5.41) is 17.0. The van der Waals surface area contributed by atoms with Crippen LogP contribution in [0.1, 0.15) is 25.7 Å². The minimum Gasteiger partial charge on any atom is -0.480 e. The molecule has 0 aromatic carbocycles. The van der Waals surface area contributed by atoms with Crippen LogP contribution in [0.2, 0.25) is 0 Å². The summed E-state index contributed by atoms with van der Waals surface area (Å²) >= 11 is 1.51. The number of carbonyl (C=O) groups is 4. The highest BCUT2D eigenvalue weighted by Crippen LogP contribution is 2.07. The topological polar surface area (TPSA) is 151 Å². The third kappa shape index (κ3) is 6.75. The van der Waals surface area contributed by atoms with Crippen LogP contribution >= 0.6 is 11.8 Å². The molecule has 136 valence electrons. The fourth-order valence-electron chi connectivity index (χ4n) is 2.36. The maximum absolute atomic E-state index is 12.3. The Hall–Kier alpha value is -1.81. The van der Waals surface area contributed by atoms with E-state index in [4.69, 9.17) is 10.8 Å². The Kier molecular flexibility index (Phi) is 8.55. The molecule has 0 aliphatic carbocycles. The van der Waals surface area contributed by atoms with Gasteiger partial charge in [-0.15, -0.1) is 0 Å². The average Bonchev–Trinajstić information content (AvgIpc) is 3.04. The number of rotatable bonds is 10. The Balaban J connectivity index is 2.69. The van der Waals surface area contributed by atoms with Gasteiger partial charge in [-0.2, -0.15) is 11.8 Å². The summed E-state index contributed by atoms with van der Waals surface area (Å²) in [6.07, 6.45) is 3.30. The fraction of sp³-hybridized carbons (Fsp3) is 0.714. The molecule has 1 rings (SSSR count). The summed E-state index contributed by atoms with van der Waals surface area (Å²) in [5.74, 6) is -2.49. The Morgan fingerprint density at radius 2 is 2.00 bits per heavy atom. The molecule has 10 heteroatoms. The van der Waals surface area contributed by atoms with Crippen LogP contribution in [-0.4, -0.2) is 65.5 Å². The van der Waals surface area contributed by atoms with Gasteiger partial charge >= 0.3 is 5.97 Å². The van der Waals surface area contributed by atoms with Crippen LogP contribution in [0.4, 0.5) is 0 Å². The normalized spacial score (nSPS) is 19.3. The molecule has 0 spiro atoms. The molecule has 1 fully saturated rings. The lowest BCUT2D eigenvalue weighted by Gasteiger charge is -2.22. The molecule has 0 aromatic heterocycles. The van der Waals surface area contributed by atoms with E-state index in [2.05, 4.69) is 16.0 Å². The highest BCUT2D eigenvalue weighted by molar-refractivity contribution is 7.98. The van der Waals surface area contributed by atoms with Crippen LogP contribution in [0.5, 0.6) is 0 Å². The van der Waals surface area contributed by atoms with Crippen molar-refractivity contribution in [2.24, 2.45) is 5.73 Å². The quantitative estimate of drug-likeness (QED) is 0.315. The molecule has 1 aliphatic rings. The number of primary amides is 1. The van der Waals surface area contributed by atoms with Crippen LogP contribution in [0.25, 0.3) is 0 Å². The van der Waals surface area contributed by atoms with Crippen molar-refractivity contribution in [2.45, 2.75) is 43.8 Å². The van der Waals surface area contributed by atoms with E-state index in [1.807, 2.05) is 6.26 Å². The molecule has 0 radical (unpaired) electrons. The molecule has 3 amide bonds. The Bertz CT molecular complexity index is 482. The van der Waals surface area contributed by atoms with E-state index in [9.17, 15) is 19.2 Å². The minimum atomic E-state index is -1.41. The van der Waals surface area contributed by atoms with E-state index in [0.717, 1.165) is 13.0 Å². The average molecular weight is 360 g/mol. The van der Waals surface area contributed by atoms with Gasteiger partial charge in [0.05, 0.1) is 12.5 Å². The Labute approximate surface area is 144 Å². The van der Waals surface area contributed by atoms with Crippen LogP contribution in [0, 0.1) is 0 Å². The number of carboxylic acid groups (broad SMARTS) is 1. The van der Waals surface area contributed by atoms with Gasteiger partial charge in [-0.05, 0) is 37.8 Å². The zero-order valence-electron chi connectivity index (χ0n) is 13.5. The van der Waals surface area contributed by atoms with Crippen LogP contribution in [-0.2, 0) is 19.2 Å². The molecule has 0 saturated carbocycles. The van der Waals surface area contributed by atoms with Crippen molar-refractivity contribution >= 4 is 35.5 Å². The van der Waals surface area contributed by atoms with Gasteiger partial charge in [0.2, 0.25) is 17.7 Å². The van der Waals surface area contributed by atoms with E-state index in [0.29, 0.717) is 18.6 Å². The van der Waals surface area contributed by atoms with Gasteiger partial charge in [-0.3, -0.25) is 14.4 Å². The summed E-state index contributed by atoms with van der Waals surface area (Å²) in [6.45, 7) is 0.749. The first-order chi connectivity index (χ1) is 11.3. The molecule has 6 N–H and O–H groups in total. The molecule has 1 aliphatic heterocycles. The van der Waals surface area contributed by atoms with Crippen LogP contribution in [0.3, 0.4) is 0 Å². The molecule has 1 heterocycles. The van der Waals surface area contributed by atoms with Crippen LogP contribution in [0.15, 0.2) is 0 Å². The standard InChI is InChI=1S/C14H24N4O5S/c1-24-6-4-9(17-12(20)8-3-2-5-16-8)13(21)18-10(14(22)23)7-11(15)19/h8-10,16H,2-7H2,1H3,(H2,15,19)(H,17,20)(H,18,21)(H,22,23)/t8-,9-,10-/m0/s1. The predicted octanol–water partition coefficient (Wildman–Crippen LogP) is -1.58. The van der Waals surface area contributed by atoms with Gasteiger partial charge in [0.1, 0.15) is 12.1 Å². The number of carbonyl (C=O) groups excluding carboxylic acids is 3. The second-order valence-electron chi connectivity index (χ2n) is 5.56. The molecule has 1 saturated heterocycles. The van der Waals surface area contributed by atoms with E-state index in [1.54, 1.807) is 0 Å². The third-order valence-corrected chi connectivity index (χ3v) is 4.28. The smallest absolute Gasteiger partial charge is 0.326 e. The van der Waals surface area contributed by atoms with Gasteiger partial charge in [0, 0.05) is 0 Å². The Morgan fingerprint density at radius 1 is 1.29 bits per heavy atom. The summed E-state index contributed by atoms with van der Waals surface area (Å²) in [6, 6.07) is -2.61.